The van der Waals surface area contributed by atoms with Gasteiger partial charge in [0.05, 0.1) is 23.4 Å². The Hall–Kier alpha value is -3.23. The highest BCUT2D eigenvalue weighted by molar-refractivity contribution is 7.99. The van der Waals surface area contributed by atoms with Crippen LogP contribution in [-0.2, 0) is 11.3 Å². The van der Waals surface area contributed by atoms with E-state index in [1.807, 2.05) is 73.7 Å². The Kier molecular flexibility index (Phi) is 7.14. The Balaban J connectivity index is 1.34. The molecule has 4 rings (SSSR count). The number of aromatic nitrogens is 3. The van der Waals surface area contributed by atoms with E-state index in [9.17, 15) is 4.79 Å². The maximum absolute atomic E-state index is 12.2. The molecule has 6 nitrogen and oxygen atoms in total. The SMILES string of the molecule is COc1ccccc1CNC(=O)CSc1ccc(-c2sc(-c3ccccc3)nc2C)nn1. The maximum atomic E-state index is 12.2. The number of thiazole rings is 1. The first kappa shape index (κ1) is 22.0. The van der Waals surface area contributed by atoms with Gasteiger partial charge in [-0.3, -0.25) is 4.79 Å². The quantitative estimate of drug-likeness (QED) is 0.372. The molecule has 8 heteroatoms. The Morgan fingerprint density at radius 3 is 2.56 bits per heavy atom. The minimum atomic E-state index is -0.0717. The van der Waals surface area contributed by atoms with Crippen LogP contribution >= 0.6 is 23.1 Å². The molecular formula is C24H22N4O2S2. The van der Waals surface area contributed by atoms with Crippen LogP contribution in [0.1, 0.15) is 11.3 Å². The first-order valence-corrected chi connectivity index (χ1v) is 11.8. The van der Waals surface area contributed by atoms with Crippen molar-refractivity contribution < 1.29 is 9.53 Å². The van der Waals surface area contributed by atoms with Gasteiger partial charge < -0.3 is 10.1 Å². The standard InChI is InChI=1S/C24H22N4O2S2/c1-16-23(32-24(26-16)17-8-4-3-5-9-17)19-12-13-22(28-27-19)31-15-21(29)25-14-18-10-6-7-11-20(18)30-2/h3-13H,14-15H2,1-2H3,(H,25,29). The molecule has 0 bridgehead atoms. The van der Waals surface area contributed by atoms with E-state index in [4.69, 9.17) is 4.74 Å². The minimum Gasteiger partial charge on any atom is -0.496 e. The number of carbonyl (C=O) groups is 1. The first-order valence-electron chi connectivity index (χ1n) is 10.0. The van der Waals surface area contributed by atoms with E-state index in [0.717, 1.165) is 38.1 Å². The van der Waals surface area contributed by atoms with Gasteiger partial charge >= 0.3 is 0 Å². The zero-order valence-electron chi connectivity index (χ0n) is 17.7. The zero-order chi connectivity index (χ0) is 22.3. The molecule has 0 atom stereocenters. The summed E-state index contributed by atoms with van der Waals surface area (Å²) in [5.41, 5.74) is 3.74. The van der Waals surface area contributed by atoms with Crippen molar-refractivity contribution in [3.05, 3.63) is 78.0 Å². The molecule has 32 heavy (non-hydrogen) atoms. The third-order valence-electron chi connectivity index (χ3n) is 4.71. The molecule has 0 fully saturated rings. The van der Waals surface area contributed by atoms with Crippen LogP contribution in [0.3, 0.4) is 0 Å². The summed E-state index contributed by atoms with van der Waals surface area (Å²) in [5, 5.41) is 13.2. The number of rotatable bonds is 8. The lowest BCUT2D eigenvalue weighted by atomic mass is 10.2. The lowest BCUT2D eigenvalue weighted by molar-refractivity contribution is -0.118. The van der Waals surface area contributed by atoms with E-state index in [-0.39, 0.29) is 11.7 Å². The van der Waals surface area contributed by atoms with Crippen molar-refractivity contribution in [2.75, 3.05) is 12.9 Å². The minimum absolute atomic E-state index is 0.0717. The molecule has 0 spiro atoms. The van der Waals surface area contributed by atoms with Gasteiger partial charge in [0.25, 0.3) is 0 Å². The Labute approximate surface area is 195 Å². The molecule has 1 N–H and O–H groups in total. The van der Waals surface area contributed by atoms with Crippen molar-refractivity contribution >= 4 is 29.0 Å². The second-order valence-corrected chi connectivity index (χ2v) is 8.93. The predicted octanol–water partition coefficient (Wildman–Crippen LogP) is 4.99. The zero-order valence-corrected chi connectivity index (χ0v) is 19.4. The number of ether oxygens (including phenoxy) is 1. The highest BCUT2D eigenvalue weighted by Gasteiger charge is 2.13. The average Bonchev–Trinajstić information content (AvgIpc) is 3.24. The molecular weight excluding hydrogens is 440 g/mol. The van der Waals surface area contributed by atoms with Gasteiger partial charge in [-0.2, -0.15) is 0 Å². The van der Waals surface area contributed by atoms with E-state index < -0.39 is 0 Å². The number of benzene rings is 2. The lowest BCUT2D eigenvalue weighted by Crippen LogP contribution is -2.24. The summed E-state index contributed by atoms with van der Waals surface area (Å²) in [6.07, 6.45) is 0. The Bertz CT molecular complexity index is 1190. The van der Waals surface area contributed by atoms with E-state index in [0.29, 0.717) is 11.6 Å². The second-order valence-electron chi connectivity index (χ2n) is 6.93. The van der Waals surface area contributed by atoms with Crippen LogP contribution in [0.25, 0.3) is 21.1 Å². The van der Waals surface area contributed by atoms with E-state index >= 15 is 0 Å². The molecule has 0 aliphatic rings. The van der Waals surface area contributed by atoms with Gasteiger partial charge in [0.2, 0.25) is 5.91 Å². The van der Waals surface area contributed by atoms with Gasteiger partial charge in [-0.1, -0.05) is 60.3 Å². The van der Waals surface area contributed by atoms with Crippen molar-refractivity contribution in [3.8, 4) is 26.9 Å². The molecule has 0 unspecified atom stereocenters. The van der Waals surface area contributed by atoms with Gasteiger partial charge in [0, 0.05) is 17.7 Å². The average molecular weight is 463 g/mol. The van der Waals surface area contributed by atoms with Crippen molar-refractivity contribution in [1.29, 1.82) is 0 Å². The third-order valence-corrected chi connectivity index (χ3v) is 6.86. The summed E-state index contributed by atoms with van der Waals surface area (Å²) in [4.78, 5) is 17.9. The van der Waals surface area contributed by atoms with Crippen molar-refractivity contribution in [2.24, 2.45) is 0 Å². The summed E-state index contributed by atoms with van der Waals surface area (Å²) in [7, 11) is 1.62. The van der Waals surface area contributed by atoms with Crippen LogP contribution in [0.2, 0.25) is 0 Å². The number of amides is 1. The van der Waals surface area contributed by atoms with Crippen LogP contribution < -0.4 is 10.1 Å². The molecule has 2 heterocycles. The van der Waals surface area contributed by atoms with Gasteiger partial charge in [-0.25, -0.2) is 4.98 Å². The van der Waals surface area contributed by atoms with Crippen LogP contribution in [0.5, 0.6) is 5.75 Å². The van der Waals surface area contributed by atoms with Gasteiger partial charge in [0.15, 0.2) is 0 Å². The third kappa shape index (κ3) is 5.33. The molecule has 0 saturated heterocycles. The van der Waals surface area contributed by atoms with E-state index in [1.54, 1.807) is 18.4 Å². The summed E-state index contributed by atoms with van der Waals surface area (Å²) in [5.74, 6) is 0.953. The molecule has 0 saturated carbocycles. The fourth-order valence-electron chi connectivity index (χ4n) is 3.09. The molecule has 2 aromatic carbocycles. The maximum Gasteiger partial charge on any atom is 0.230 e. The smallest absolute Gasteiger partial charge is 0.230 e. The molecule has 1 amide bonds. The summed E-state index contributed by atoms with van der Waals surface area (Å²) >= 11 is 2.96. The molecule has 162 valence electrons. The number of carbonyl (C=O) groups excluding carboxylic acids is 1. The summed E-state index contributed by atoms with van der Waals surface area (Å²) < 4.78 is 5.31. The summed E-state index contributed by atoms with van der Waals surface area (Å²) in [6, 6.07) is 21.5. The predicted molar refractivity (Wildman–Crippen MR) is 129 cm³/mol. The Morgan fingerprint density at radius 2 is 1.81 bits per heavy atom. The number of nitrogens with zero attached hydrogens (tertiary/aromatic N) is 3. The number of methoxy groups -OCH3 is 1. The number of thioether (sulfide) groups is 1. The topological polar surface area (TPSA) is 77.0 Å². The molecule has 0 aliphatic heterocycles. The highest BCUT2D eigenvalue weighted by Crippen LogP contribution is 2.34. The van der Waals surface area contributed by atoms with Crippen LogP contribution in [0.4, 0.5) is 0 Å². The lowest BCUT2D eigenvalue weighted by Gasteiger charge is -2.09. The number of hydrogen-bond acceptors (Lipinski definition) is 7. The van der Waals surface area contributed by atoms with Crippen LogP contribution in [0, 0.1) is 6.92 Å². The first-order chi connectivity index (χ1) is 15.6. The second kappa shape index (κ2) is 10.4. The van der Waals surface area contributed by atoms with Crippen molar-refractivity contribution in [2.45, 2.75) is 18.5 Å². The van der Waals surface area contributed by atoms with Crippen molar-refractivity contribution in [3.63, 3.8) is 0 Å². The van der Waals surface area contributed by atoms with Crippen LogP contribution in [-0.4, -0.2) is 34.0 Å². The van der Waals surface area contributed by atoms with Gasteiger partial charge in [0.1, 0.15) is 21.5 Å². The fraction of sp³-hybridized carbons (Fsp3) is 0.167. The summed E-state index contributed by atoms with van der Waals surface area (Å²) in [6.45, 7) is 2.40. The number of nitrogens with one attached hydrogen (secondary N) is 1. The van der Waals surface area contributed by atoms with Crippen LogP contribution in [0.15, 0.2) is 71.8 Å². The number of aryl methyl sites for hydroxylation is 1. The molecule has 4 aromatic rings. The highest BCUT2D eigenvalue weighted by atomic mass is 32.2. The fourth-order valence-corrected chi connectivity index (χ4v) is 4.77. The number of hydrogen-bond donors (Lipinski definition) is 1. The number of para-hydroxylation sites is 1. The molecule has 0 aliphatic carbocycles. The Morgan fingerprint density at radius 1 is 1.03 bits per heavy atom. The molecule has 2 aromatic heterocycles. The van der Waals surface area contributed by atoms with E-state index in [2.05, 4.69) is 20.5 Å². The normalized spacial score (nSPS) is 10.7. The van der Waals surface area contributed by atoms with E-state index in [1.165, 1.54) is 11.8 Å². The largest absolute Gasteiger partial charge is 0.496 e. The molecule has 0 radical (unpaired) electrons. The monoisotopic (exact) mass is 462 g/mol. The van der Waals surface area contributed by atoms with Gasteiger partial charge in [-0.05, 0) is 25.1 Å². The van der Waals surface area contributed by atoms with Crippen molar-refractivity contribution in [1.82, 2.24) is 20.5 Å². The van der Waals surface area contributed by atoms with Gasteiger partial charge in [-0.15, -0.1) is 21.5 Å².